The zero-order valence-corrected chi connectivity index (χ0v) is 14.6. The minimum atomic E-state index is 1.08. The summed E-state index contributed by atoms with van der Waals surface area (Å²) >= 11 is 6.68. The summed E-state index contributed by atoms with van der Waals surface area (Å²) in [5.41, 5.74) is 1.24. The monoisotopic (exact) mass is 342 g/mol. The summed E-state index contributed by atoms with van der Waals surface area (Å²) in [5, 5.41) is 6.33. The van der Waals surface area contributed by atoms with Crippen LogP contribution in [-0.2, 0) is 0 Å². The Labute approximate surface area is 149 Å². The summed E-state index contributed by atoms with van der Waals surface area (Å²) in [5.74, 6) is 0. The van der Waals surface area contributed by atoms with Crippen molar-refractivity contribution in [2.75, 3.05) is 0 Å². The summed E-state index contributed by atoms with van der Waals surface area (Å²) in [4.78, 5) is 2.32. The first-order valence-corrected chi connectivity index (χ1v) is 9.19. The van der Waals surface area contributed by atoms with E-state index in [-0.39, 0.29) is 0 Å². The number of benzene rings is 4. The van der Waals surface area contributed by atoms with Crippen LogP contribution in [0.25, 0.3) is 42.1 Å². The first-order valence-electron chi connectivity index (χ1n) is 7.93. The van der Waals surface area contributed by atoms with Crippen LogP contribution in [0.5, 0.6) is 0 Å². The Balaban J connectivity index is 1.78. The predicted molar refractivity (Wildman–Crippen MR) is 110 cm³/mol. The van der Waals surface area contributed by atoms with Gasteiger partial charge in [0.05, 0.1) is 0 Å². The van der Waals surface area contributed by atoms with Gasteiger partial charge in [0, 0.05) is 19.9 Å². The first kappa shape index (κ1) is 14.1. The normalized spacial score (nSPS) is 11.5. The molecule has 0 fully saturated rings. The van der Waals surface area contributed by atoms with Crippen molar-refractivity contribution < 1.29 is 0 Å². The van der Waals surface area contributed by atoms with E-state index in [1.54, 1.807) is 0 Å². The Kier molecular flexibility index (Phi) is 3.15. The van der Waals surface area contributed by atoms with Crippen molar-refractivity contribution in [2.45, 2.75) is 4.90 Å². The summed E-state index contributed by atoms with van der Waals surface area (Å²) < 4.78 is 1.29. The lowest BCUT2D eigenvalue weighted by Gasteiger charge is -2.03. The Morgan fingerprint density at radius 1 is 0.625 bits per heavy atom. The molecular formula is C22H14S2. The molecule has 0 atom stereocenters. The second-order valence-electron chi connectivity index (χ2n) is 6.04. The van der Waals surface area contributed by atoms with Crippen LogP contribution < -0.4 is 0 Å². The van der Waals surface area contributed by atoms with Crippen LogP contribution in [0.3, 0.4) is 0 Å². The maximum absolute atomic E-state index is 4.86. The Hall–Kier alpha value is -2.29. The molecule has 0 saturated heterocycles. The van der Waals surface area contributed by atoms with Crippen molar-refractivity contribution in [3.63, 3.8) is 0 Å². The molecule has 4 aromatic carbocycles. The number of thiophene rings is 1. The van der Waals surface area contributed by atoms with Crippen LogP contribution in [0.1, 0.15) is 0 Å². The van der Waals surface area contributed by atoms with E-state index >= 15 is 0 Å². The molecule has 2 heteroatoms. The van der Waals surface area contributed by atoms with Crippen LogP contribution in [0.2, 0.25) is 0 Å². The number of hydrogen-bond donors (Lipinski definition) is 1. The van der Waals surface area contributed by atoms with Gasteiger partial charge in [0.15, 0.2) is 0 Å². The topological polar surface area (TPSA) is 0 Å². The van der Waals surface area contributed by atoms with Crippen LogP contribution in [0, 0.1) is 0 Å². The Morgan fingerprint density at radius 2 is 1.25 bits per heavy atom. The SMILES string of the molecule is Sc1c(-c2ccc3ccccc3c2)sc2cc3ccccc3cc12. The van der Waals surface area contributed by atoms with E-state index in [0.29, 0.717) is 0 Å². The molecule has 1 aromatic heterocycles. The second kappa shape index (κ2) is 5.37. The molecule has 0 radical (unpaired) electrons. The molecule has 0 saturated carbocycles. The van der Waals surface area contributed by atoms with Crippen molar-refractivity contribution in [1.29, 1.82) is 0 Å². The van der Waals surface area contributed by atoms with Crippen molar-refractivity contribution in [2.24, 2.45) is 0 Å². The summed E-state index contributed by atoms with van der Waals surface area (Å²) in [6.45, 7) is 0. The third-order valence-corrected chi connectivity index (χ3v) is 6.36. The number of thiol groups is 1. The fourth-order valence-electron chi connectivity index (χ4n) is 3.30. The van der Waals surface area contributed by atoms with Gasteiger partial charge in [-0.2, -0.15) is 0 Å². The number of fused-ring (bicyclic) bond motifs is 3. The smallest absolute Gasteiger partial charge is 0.0488 e. The molecule has 0 aliphatic rings. The van der Waals surface area contributed by atoms with Crippen molar-refractivity contribution in [3.05, 3.63) is 78.9 Å². The van der Waals surface area contributed by atoms with Crippen LogP contribution in [0.15, 0.2) is 83.8 Å². The standard InChI is InChI=1S/C22H14S2/c23-21-19-12-16-7-3-4-8-17(16)13-20(19)24-22(21)18-10-9-14-5-1-2-6-15(14)11-18/h1-13,23H. The van der Waals surface area contributed by atoms with E-state index in [2.05, 4.69) is 78.9 Å². The minimum Gasteiger partial charge on any atom is -0.141 e. The lowest BCUT2D eigenvalue weighted by Crippen LogP contribution is -1.76. The third kappa shape index (κ3) is 2.15. The van der Waals surface area contributed by atoms with Gasteiger partial charge in [-0.1, -0.05) is 60.7 Å². The highest BCUT2D eigenvalue weighted by Gasteiger charge is 2.12. The van der Waals surface area contributed by atoms with Gasteiger partial charge >= 0.3 is 0 Å². The third-order valence-electron chi connectivity index (χ3n) is 4.54. The zero-order chi connectivity index (χ0) is 16.1. The van der Waals surface area contributed by atoms with Crippen LogP contribution in [-0.4, -0.2) is 0 Å². The molecule has 0 bridgehead atoms. The summed E-state index contributed by atoms with van der Waals surface area (Å²) in [6, 6.07) is 28.2. The van der Waals surface area contributed by atoms with Gasteiger partial charge in [0.1, 0.15) is 0 Å². The van der Waals surface area contributed by atoms with E-state index < -0.39 is 0 Å². The Morgan fingerprint density at radius 3 is 2.00 bits per heavy atom. The fraction of sp³-hybridized carbons (Fsp3) is 0. The zero-order valence-electron chi connectivity index (χ0n) is 12.9. The lowest BCUT2D eigenvalue weighted by molar-refractivity contribution is 1.64. The summed E-state index contributed by atoms with van der Waals surface area (Å²) in [7, 11) is 0. The molecule has 24 heavy (non-hydrogen) atoms. The van der Waals surface area contributed by atoms with Gasteiger partial charge in [0.25, 0.3) is 0 Å². The van der Waals surface area contributed by atoms with E-state index in [9.17, 15) is 0 Å². The maximum atomic E-state index is 4.86. The largest absolute Gasteiger partial charge is 0.141 e. The summed E-state index contributed by atoms with van der Waals surface area (Å²) in [6.07, 6.45) is 0. The van der Waals surface area contributed by atoms with E-state index in [1.165, 1.54) is 42.1 Å². The number of rotatable bonds is 1. The molecule has 114 valence electrons. The van der Waals surface area contributed by atoms with Crippen molar-refractivity contribution in [3.8, 4) is 10.4 Å². The second-order valence-corrected chi connectivity index (χ2v) is 7.54. The molecule has 0 amide bonds. The molecule has 0 aliphatic heterocycles. The van der Waals surface area contributed by atoms with Crippen LogP contribution >= 0.6 is 24.0 Å². The van der Waals surface area contributed by atoms with Gasteiger partial charge in [0.2, 0.25) is 0 Å². The quantitative estimate of drug-likeness (QED) is 0.307. The average Bonchev–Trinajstić information content (AvgIpc) is 2.95. The molecular weight excluding hydrogens is 328 g/mol. The molecule has 0 nitrogen and oxygen atoms in total. The number of hydrogen-bond acceptors (Lipinski definition) is 2. The highest BCUT2D eigenvalue weighted by atomic mass is 32.1. The Bertz CT molecular complexity index is 1210. The molecule has 0 unspecified atom stereocenters. The predicted octanol–water partition coefficient (Wildman–Crippen LogP) is 7.16. The molecule has 1 heterocycles. The molecule has 0 spiro atoms. The first-order chi connectivity index (χ1) is 11.8. The minimum absolute atomic E-state index is 1.08. The van der Waals surface area contributed by atoms with Crippen molar-refractivity contribution in [1.82, 2.24) is 0 Å². The lowest BCUT2D eigenvalue weighted by atomic mass is 10.0. The van der Waals surface area contributed by atoms with Crippen molar-refractivity contribution >= 4 is 55.6 Å². The fourth-order valence-corrected chi connectivity index (χ4v) is 4.95. The molecule has 0 aliphatic carbocycles. The maximum Gasteiger partial charge on any atom is 0.0488 e. The molecule has 5 rings (SSSR count). The van der Waals surface area contributed by atoms with Gasteiger partial charge in [-0.05, 0) is 45.3 Å². The van der Waals surface area contributed by atoms with E-state index in [0.717, 1.165) is 4.90 Å². The van der Waals surface area contributed by atoms with Gasteiger partial charge in [-0.25, -0.2) is 0 Å². The van der Waals surface area contributed by atoms with E-state index in [1.807, 2.05) is 11.3 Å². The highest BCUT2D eigenvalue weighted by Crippen LogP contribution is 2.42. The van der Waals surface area contributed by atoms with Gasteiger partial charge < -0.3 is 0 Å². The highest BCUT2D eigenvalue weighted by molar-refractivity contribution is 7.81. The molecule has 5 aromatic rings. The van der Waals surface area contributed by atoms with Gasteiger partial charge in [-0.15, -0.1) is 24.0 Å². The average molecular weight is 342 g/mol. The van der Waals surface area contributed by atoms with E-state index in [4.69, 9.17) is 12.6 Å². The van der Waals surface area contributed by atoms with Gasteiger partial charge in [-0.3, -0.25) is 0 Å². The van der Waals surface area contributed by atoms with Crippen LogP contribution in [0.4, 0.5) is 0 Å². The molecule has 0 N–H and O–H groups in total.